The van der Waals surface area contributed by atoms with E-state index >= 15 is 0 Å². The molecule has 0 aliphatic rings. The molecule has 0 heterocycles. The van der Waals surface area contributed by atoms with Crippen molar-refractivity contribution >= 4 is 17.9 Å². The van der Waals surface area contributed by atoms with E-state index in [0.29, 0.717) is 17.7 Å². The van der Waals surface area contributed by atoms with Crippen LogP contribution in [0.2, 0.25) is 0 Å². The van der Waals surface area contributed by atoms with Crippen LogP contribution in [0.5, 0.6) is 0 Å². The first-order valence-electron chi connectivity index (χ1n) is 4.82. The van der Waals surface area contributed by atoms with Crippen LogP contribution in [-0.4, -0.2) is 31.2 Å². The van der Waals surface area contributed by atoms with E-state index in [0.717, 1.165) is 0 Å². The van der Waals surface area contributed by atoms with E-state index < -0.39 is 0 Å². The lowest BCUT2D eigenvalue weighted by Gasteiger charge is -2.03. The zero-order chi connectivity index (χ0) is 12.0. The molecule has 0 radical (unpaired) electrons. The molecule has 84 valence electrons. The predicted molar refractivity (Wildman–Crippen MR) is 63.3 cm³/mol. The zero-order valence-corrected chi connectivity index (χ0v) is 9.31. The molecule has 0 bridgehead atoms. The minimum atomic E-state index is -0.0942. The number of carbonyl (C=O) groups excluding carboxylic acids is 2. The quantitative estimate of drug-likeness (QED) is 0.463. The summed E-state index contributed by atoms with van der Waals surface area (Å²) in [7, 11) is 3.68. The number of amides is 1. The smallest absolute Gasteiger partial charge is 0.211 e. The van der Waals surface area contributed by atoms with Gasteiger partial charge in [-0.25, -0.2) is 0 Å². The van der Waals surface area contributed by atoms with Crippen LogP contribution in [0.1, 0.15) is 10.4 Å². The fourth-order valence-electron chi connectivity index (χ4n) is 1.14. The molecular formula is C12H14N2O2. The molecule has 1 amide bonds. The number of hydrogen-bond donors (Lipinski definition) is 1. The van der Waals surface area contributed by atoms with Crippen LogP contribution in [0, 0.1) is 0 Å². The monoisotopic (exact) mass is 218 g/mol. The highest BCUT2D eigenvalue weighted by Crippen LogP contribution is 2.10. The third-order valence-corrected chi connectivity index (χ3v) is 1.90. The van der Waals surface area contributed by atoms with Crippen LogP contribution in [0.3, 0.4) is 0 Å². The van der Waals surface area contributed by atoms with Gasteiger partial charge in [0.05, 0.1) is 0 Å². The predicted octanol–water partition coefficient (Wildman–Crippen LogP) is 1.51. The minimum absolute atomic E-state index is 0.0942. The largest absolute Gasteiger partial charge is 0.383 e. The summed E-state index contributed by atoms with van der Waals surface area (Å²) in [6.45, 7) is 0. The number of benzene rings is 1. The van der Waals surface area contributed by atoms with Crippen LogP contribution in [0.4, 0.5) is 5.69 Å². The van der Waals surface area contributed by atoms with Gasteiger partial charge in [0.2, 0.25) is 6.41 Å². The van der Waals surface area contributed by atoms with Gasteiger partial charge >= 0.3 is 0 Å². The summed E-state index contributed by atoms with van der Waals surface area (Å²) in [5, 5.41) is 2.50. The third-order valence-electron chi connectivity index (χ3n) is 1.90. The van der Waals surface area contributed by atoms with Crippen LogP contribution in [0.25, 0.3) is 0 Å². The molecule has 0 saturated carbocycles. The van der Waals surface area contributed by atoms with Gasteiger partial charge in [-0.2, -0.15) is 0 Å². The molecule has 1 aromatic carbocycles. The summed E-state index contributed by atoms with van der Waals surface area (Å²) in [6.07, 6.45) is 3.75. The van der Waals surface area contributed by atoms with Gasteiger partial charge in [0.15, 0.2) is 5.78 Å². The number of carbonyl (C=O) groups is 2. The van der Waals surface area contributed by atoms with Crippen molar-refractivity contribution in [1.29, 1.82) is 0 Å². The first-order chi connectivity index (χ1) is 7.63. The first-order valence-corrected chi connectivity index (χ1v) is 4.82. The summed E-state index contributed by atoms with van der Waals surface area (Å²) in [6, 6.07) is 6.79. The molecule has 1 rings (SSSR count). The molecular weight excluding hydrogens is 204 g/mol. The molecule has 1 aromatic rings. The van der Waals surface area contributed by atoms with E-state index in [1.54, 1.807) is 35.4 Å². The Balaban J connectivity index is 2.83. The summed E-state index contributed by atoms with van der Waals surface area (Å²) >= 11 is 0. The van der Waals surface area contributed by atoms with E-state index in [2.05, 4.69) is 5.32 Å². The fraction of sp³-hybridized carbons (Fsp3) is 0.167. The molecule has 0 aliphatic carbocycles. The minimum Gasteiger partial charge on any atom is -0.383 e. The number of nitrogens with zero attached hydrogens (tertiary/aromatic N) is 1. The van der Waals surface area contributed by atoms with Crippen LogP contribution in [-0.2, 0) is 4.79 Å². The van der Waals surface area contributed by atoms with Crippen LogP contribution in [0.15, 0.2) is 36.5 Å². The van der Waals surface area contributed by atoms with Gasteiger partial charge in [0.25, 0.3) is 0 Å². The molecule has 4 nitrogen and oxygen atoms in total. The molecule has 16 heavy (non-hydrogen) atoms. The second-order valence-electron chi connectivity index (χ2n) is 3.49. The lowest BCUT2D eigenvalue weighted by molar-refractivity contribution is -0.105. The summed E-state index contributed by atoms with van der Waals surface area (Å²) in [5.74, 6) is -0.0942. The number of anilines is 1. The SMILES string of the molecule is CN(C)/C=C/C(=O)c1cccc(NC=O)c1. The summed E-state index contributed by atoms with van der Waals surface area (Å²) in [4.78, 5) is 23.7. The lowest BCUT2D eigenvalue weighted by atomic mass is 10.1. The van der Waals surface area contributed by atoms with Crippen molar-refractivity contribution in [2.24, 2.45) is 0 Å². The Bertz CT molecular complexity index is 411. The van der Waals surface area contributed by atoms with Gasteiger partial charge < -0.3 is 10.2 Å². The summed E-state index contributed by atoms with van der Waals surface area (Å²) in [5.41, 5.74) is 1.16. The standard InChI is InChI=1S/C12H14N2O2/c1-14(2)7-6-12(16)10-4-3-5-11(8-10)13-9-15/h3-9H,1-2H3,(H,13,15)/b7-6+. The molecule has 0 unspecified atom stereocenters. The second kappa shape index (κ2) is 5.70. The van der Waals surface area contributed by atoms with Crippen molar-refractivity contribution in [2.75, 3.05) is 19.4 Å². The van der Waals surface area contributed by atoms with E-state index in [1.165, 1.54) is 6.08 Å². The third kappa shape index (κ3) is 3.57. The molecule has 1 N–H and O–H groups in total. The van der Waals surface area contributed by atoms with Crippen LogP contribution < -0.4 is 5.32 Å². The Labute approximate surface area is 94.6 Å². The molecule has 0 fully saturated rings. The molecule has 0 atom stereocenters. The Morgan fingerprint density at radius 3 is 2.75 bits per heavy atom. The maximum absolute atomic E-state index is 11.7. The molecule has 0 saturated heterocycles. The highest BCUT2D eigenvalue weighted by molar-refractivity contribution is 6.05. The molecule has 0 aliphatic heterocycles. The number of ketones is 1. The van der Waals surface area contributed by atoms with Gasteiger partial charge in [-0.1, -0.05) is 12.1 Å². The normalized spacial score (nSPS) is 10.1. The Morgan fingerprint density at radius 1 is 1.38 bits per heavy atom. The zero-order valence-electron chi connectivity index (χ0n) is 9.31. The first kappa shape index (κ1) is 12.0. The molecule has 0 spiro atoms. The maximum Gasteiger partial charge on any atom is 0.211 e. The van der Waals surface area contributed by atoms with E-state index in [4.69, 9.17) is 0 Å². The Morgan fingerprint density at radius 2 is 2.12 bits per heavy atom. The fourth-order valence-corrected chi connectivity index (χ4v) is 1.14. The number of nitrogens with one attached hydrogen (secondary N) is 1. The van der Waals surface area contributed by atoms with Crippen molar-refractivity contribution in [1.82, 2.24) is 4.90 Å². The maximum atomic E-state index is 11.7. The van der Waals surface area contributed by atoms with Crippen molar-refractivity contribution in [2.45, 2.75) is 0 Å². The van der Waals surface area contributed by atoms with Gasteiger partial charge in [-0.15, -0.1) is 0 Å². The molecule has 0 aromatic heterocycles. The highest BCUT2D eigenvalue weighted by Gasteiger charge is 2.02. The van der Waals surface area contributed by atoms with E-state index in [9.17, 15) is 9.59 Å². The van der Waals surface area contributed by atoms with Gasteiger partial charge in [-0.3, -0.25) is 9.59 Å². The lowest BCUT2D eigenvalue weighted by Crippen LogP contribution is -2.03. The van der Waals surface area contributed by atoms with Crippen molar-refractivity contribution in [3.05, 3.63) is 42.1 Å². The van der Waals surface area contributed by atoms with E-state index in [-0.39, 0.29) is 5.78 Å². The topological polar surface area (TPSA) is 49.4 Å². The number of hydrogen-bond acceptors (Lipinski definition) is 3. The van der Waals surface area contributed by atoms with Crippen molar-refractivity contribution in [3.63, 3.8) is 0 Å². The van der Waals surface area contributed by atoms with Gasteiger partial charge in [0, 0.05) is 37.6 Å². The van der Waals surface area contributed by atoms with Gasteiger partial charge in [0.1, 0.15) is 0 Å². The van der Waals surface area contributed by atoms with E-state index in [1.807, 2.05) is 14.1 Å². The van der Waals surface area contributed by atoms with Crippen molar-refractivity contribution < 1.29 is 9.59 Å². The number of rotatable bonds is 5. The highest BCUT2D eigenvalue weighted by atomic mass is 16.1. The van der Waals surface area contributed by atoms with Crippen molar-refractivity contribution in [3.8, 4) is 0 Å². The number of allylic oxidation sites excluding steroid dienone is 1. The summed E-state index contributed by atoms with van der Waals surface area (Å²) < 4.78 is 0. The molecule has 4 heteroatoms. The Kier molecular flexibility index (Phi) is 4.27. The average molecular weight is 218 g/mol. The average Bonchev–Trinajstić information content (AvgIpc) is 2.26. The second-order valence-corrected chi connectivity index (χ2v) is 3.49. The van der Waals surface area contributed by atoms with Gasteiger partial charge in [-0.05, 0) is 12.1 Å². The Hall–Kier alpha value is -2.10. The van der Waals surface area contributed by atoms with Crippen LogP contribution >= 0.6 is 0 Å².